The van der Waals surface area contributed by atoms with Gasteiger partial charge in [0.1, 0.15) is 11.9 Å². The molecule has 1 N–H and O–H groups in total. The van der Waals surface area contributed by atoms with Crippen LogP contribution in [0, 0.1) is 0 Å². The molecule has 98 valence electrons. The zero-order valence-electron chi connectivity index (χ0n) is 10.3. The van der Waals surface area contributed by atoms with E-state index in [0.717, 1.165) is 30.5 Å². The van der Waals surface area contributed by atoms with Crippen molar-refractivity contribution in [1.82, 2.24) is 19.7 Å². The van der Waals surface area contributed by atoms with Crippen molar-refractivity contribution in [3.63, 3.8) is 0 Å². The molecule has 19 heavy (non-hydrogen) atoms. The highest BCUT2D eigenvalue weighted by Gasteiger charge is 2.22. The minimum atomic E-state index is -1.06. The van der Waals surface area contributed by atoms with Crippen LogP contribution < -0.4 is 4.74 Å². The molecule has 2 aromatic heterocycles. The van der Waals surface area contributed by atoms with E-state index in [1.54, 1.807) is 13.1 Å². The summed E-state index contributed by atoms with van der Waals surface area (Å²) in [6, 6.07) is 1.73. The number of pyridine rings is 1. The zero-order valence-corrected chi connectivity index (χ0v) is 10.3. The number of aromatic carboxylic acids is 1. The number of nitrogens with zero attached hydrogens (tertiary/aromatic N) is 4. The van der Waals surface area contributed by atoms with E-state index in [1.807, 2.05) is 0 Å². The van der Waals surface area contributed by atoms with Crippen LogP contribution in [-0.2, 0) is 19.9 Å². The van der Waals surface area contributed by atoms with E-state index in [9.17, 15) is 9.90 Å². The Morgan fingerprint density at radius 1 is 1.47 bits per heavy atom. The maximum absolute atomic E-state index is 11.3. The lowest BCUT2D eigenvalue weighted by molar-refractivity contribution is 0.0693. The molecular weight excluding hydrogens is 248 g/mol. The van der Waals surface area contributed by atoms with Crippen molar-refractivity contribution in [2.75, 3.05) is 0 Å². The van der Waals surface area contributed by atoms with E-state index in [2.05, 4.69) is 15.1 Å². The number of aryl methyl sites for hydroxylation is 3. The topological polar surface area (TPSA) is 90.1 Å². The molecule has 7 heteroatoms. The van der Waals surface area contributed by atoms with Crippen LogP contribution in [0.2, 0.25) is 0 Å². The van der Waals surface area contributed by atoms with Gasteiger partial charge < -0.3 is 9.84 Å². The molecule has 0 unspecified atom stereocenters. The Kier molecular flexibility index (Phi) is 2.66. The summed E-state index contributed by atoms with van der Waals surface area (Å²) in [6.07, 6.45) is 4.18. The number of fused-ring (bicyclic) bond motifs is 1. The summed E-state index contributed by atoms with van der Waals surface area (Å²) >= 11 is 0. The van der Waals surface area contributed by atoms with Gasteiger partial charge in [-0.15, -0.1) is 5.10 Å². The van der Waals surface area contributed by atoms with Gasteiger partial charge in [0.15, 0.2) is 0 Å². The minimum absolute atomic E-state index is 0.0492. The third kappa shape index (κ3) is 2.14. The molecule has 1 aliphatic rings. The molecule has 0 radical (unpaired) electrons. The molecular formula is C12H12N4O3. The summed E-state index contributed by atoms with van der Waals surface area (Å²) < 4.78 is 6.86. The predicted molar refractivity (Wildman–Crippen MR) is 64.3 cm³/mol. The monoisotopic (exact) mass is 260 g/mol. The number of ether oxygens (including phenoxy) is 1. The van der Waals surface area contributed by atoms with E-state index in [0.29, 0.717) is 0 Å². The average Bonchev–Trinajstić information content (AvgIpc) is 2.96. The SMILES string of the molecule is Cn1cnc(Oc2nc3c(cc2C(=O)O)CCC3)n1. The Hall–Kier alpha value is -2.44. The van der Waals surface area contributed by atoms with E-state index >= 15 is 0 Å². The van der Waals surface area contributed by atoms with E-state index in [1.165, 1.54) is 11.0 Å². The van der Waals surface area contributed by atoms with Gasteiger partial charge in [0.2, 0.25) is 5.88 Å². The fourth-order valence-corrected chi connectivity index (χ4v) is 2.14. The van der Waals surface area contributed by atoms with Crippen LogP contribution in [0.15, 0.2) is 12.4 Å². The van der Waals surface area contributed by atoms with E-state index in [-0.39, 0.29) is 17.5 Å². The van der Waals surface area contributed by atoms with Crippen LogP contribution in [0.25, 0.3) is 0 Å². The lowest BCUT2D eigenvalue weighted by Gasteiger charge is -2.07. The molecule has 0 saturated heterocycles. The quantitative estimate of drug-likeness (QED) is 0.891. The number of carbonyl (C=O) groups is 1. The number of rotatable bonds is 3. The summed E-state index contributed by atoms with van der Waals surface area (Å²) in [7, 11) is 1.70. The van der Waals surface area contributed by atoms with Crippen LogP contribution >= 0.6 is 0 Å². The Labute approximate surface area is 108 Å². The third-order valence-electron chi connectivity index (χ3n) is 3.01. The van der Waals surface area contributed by atoms with Crippen molar-refractivity contribution in [2.24, 2.45) is 7.05 Å². The Morgan fingerprint density at radius 3 is 3.00 bits per heavy atom. The summed E-state index contributed by atoms with van der Waals surface area (Å²) in [6.45, 7) is 0. The summed E-state index contributed by atoms with van der Waals surface area (Å²) in [4.78, 5) is 19.4. The maximum Gasteiger partial charge on any atom is 0.342 e. The van der Waals surface area contributed by atoms with Crippen molar-refractivity contribution in [3.8, 4) is 11.9 Å². The largest absolute Gasteiger partial charge is 0.477 e. The van der Waals surface area contributed by atoms with Crippen molar-refractivity contribution >= 4 is 5.97 Å². The standard InChI is InChI=1S/C12H12N4O3/c1-16-6-13-12(15-16)19-10-8(11(17)18)5-7-3-2-4-9(7)14-10/h5-6H,2-4H2,1H3,(H,17,18). The molecule has 0 aromatic carbocycles. The van der Waals surface area contributed by atoms with Crippen molar-refractivity contribution in [2.45, 2.75) is 19.3 Å². The predicted octanol–water partition coefficient (Wildman–Crippen LogP) is 1.19. The lowest BCUT2D eigenvalue weighted by atomic mass is 10.1. The number of aromatic nitrogens is 4. The normalized spacial score (nSPS) is 13.3. The molecule has 0 spiro atoms. The van der Waals surface area contributed by atoms with E-state index < -0.39 is 5.97 Å². The van der Waals surface area contributed by atoms with E-state index in [4.69, 9.17) is 4.74 Å². The summed E-state index contributed by atoms with van der Waals surface area (Å²) in [5, 5.41) is 13.2. The molecule has 1 aliphatic carbocycles. The molecule has 0 amide bonds. The molecule has 0 bridgehead atoms. The molecule has 2 heterocycles. The molecule has 0 fully saturated rings. The minimum Gasteiger partial charge on any atom is -0.477 e. The maximum atomic E-state index is 11.3. The number of hydrogen-bond acceptors (Lipinski definition) is 5. The second-order valence-corrected chi connectivity index (χ2v) is 4.41. The molecule has 2 aromatic rings. The summed E-state index contributed by atoms with van der Waals surface area (Å²) in [5.74, 6) is -1.01. The molecule has 0 atom stereocenters. The number of carboxylic acid groups (broad SMARTS) is 1. The van der Waals surface area contributed by atoms with Crippen LogP contribution in [0.1, 0.15) is 28.0 Å². The first kappa shape index (κ1) is 11.6. The molecule has 7 nitrogen and oxygen atoms in total. The van der Waals surface area contributed by atoms with Crippen molar-refractivity contribution < 1.29 is 14.6 Å². The highest BCUT2D eigenvalue weighted by Crippen LogP contribution is 2.28. The van der Waals surface area contributed by atoms with Gasteiger partial charge in [-0.1, -0.05) is 0 Å². The smallest absolute Gasteiger partial charge is 0.342 e. The second-order valence-electron chi connectivity index (χ2n) is 4.41. The van der Waals surface area contributed by atoms with Crippen LogP contribution in [0.5, 0.6) is 11.9 Å². The highest BCUT2D eigenvalue weighted by molar-refractivity contribution is 5.90. The molecule has 0 saturated carbocycles. The zero-order chi connectivity index (χ0) is 13.4. The average molecular weight is 260 g/mol. The van der Waals surface area contributed by atoms with Gasteiger partial charge in [-0.3, -0.25) is 4.68 Å². The van der Waals surface area contributed by atoms with Crippen LogP contribution in [-0.4, -0.2) is 30.8 Å². The highest BCUT2D eigenvalue weighted by atomic mass is 16.5. The first-order valence-corrected chi connectivity index (χ1v) is 5.93. The first-order valence-electron chi connectivity index (χ1n) is 5.93. The third-order valence-corrected chi connectivity index (χ3v) is 3.01. The van der Waals surface area contributed by atoms with Crippen LogP contribution in [0.3, 0.4) is 0 Å². The van der Waals surface area contributed by atoms with Crippen molar-refractivity contribution in [1.29, 1.82) is 0 Å². The van der Waals surface area contributed by atoms with Gasteiger partial charge >= 0.3 is 12.0 Å². The van der Waals surface area contributed by atoms with Gasteiger partial charge in [-0.25, -0.2) is 9.78 Å². The number of hydrogen-bond donors (Lipinski definition) is 1. The fourth-order valence-electron chi connectivity index (χ4n) is 2.14. The van der Waals surface area contributed by atoms with Crippen LogP contribution in [0.4, 0.5) is 0 Å². The van der Waals surface area contributed by atoms with Crippen molar-refractivity contribution in [3.05, 3.63) is 29.2 Å². The first-order chi connectivity index (χ1) is 9.13. The van der Waals surface area contributed by atoms with Gasteiger partial charge in [0.05, 0.1) is 0 Å². The van der Waals surface area contributed by atoms with Gasteiger partial charge in [0, 0.05) is 12.7 Å². The Bertz CT molecular complexity index is 650. The summed E-state index contributed by atoms with van der Waals surface area (Å²) in [5.41, 5.74) is 1.93. The Balaban J connectivity index is 2.01. The van der Waals surface area contributed by atoms with Gasteiger partial charge in [-0.2, -0.15) is 4.98 Å². The fraction of sp³-hybridized carbons (Fsp3) is 0.333. The second kappa shape index (κ2) is 4.34. The molecule has 0 aliphatic heterocycles. The van der Waals surface area contributed by atoms with Gasteiger partial charge in [0.25, 0.3) is 0 Å². The molecule has 3 rings (SSSR count). The van der Waals surface area contributed by atoms with Gasteiger partial charge in [-0.05, 0) is 30.9 Å². The lowest BCUT2D eigenvalue weighted by Crippen LogP contribution is -2.05. The number of carboxylic acids is 1. The Morgan fingerprint density at radius 2 is 2.32 bits per heavy atom.